The monoisotopic (exact) mass is 376 g/mol. The molecule has 6 nitrogen and oxygen atoms in total. The van der Waals surface area contributed by atoms with E-state index in [1.165, 1.54) is 0 Å². The third-order valence-corrected chi connectivity index (χ3v) is 8.51. The van der Waals surface area contributed by atoms with Crippen LogP contribution in [0, 0.1) is 28.6 Å². The largest absolute Gasteiger partial charge is 0.515 e. The second kappa shape index (κ2) is 5.67. The molecule has 27 heavy (non-hydrogen) atoms. The molecule has 0 aromatic rings. The van der Waals surface area contributed by atoms with Gasteiger partial charge >= 0.3 is 5.97 Å². The normalized spacial score (nSPS) is 50.6. The molecule has 7 atom stereocenters. The van der Waals surface area contributed by atoms with Crippen LogP contribution in [0.2, 0.25) is 0 Å². The van der Waals surface area contributed by atoms with Crippen molar-refractivity contribution in [2.75, 3.05) is 0 Å². The van der Waals surface area contributed by atoms with Gasteiger partial charge in [0.05, 0.1) is 12.4 Å². The number of rotatable bonds is 1. The van der Waals surface area contributed by atoms with Gasteiger partial charge in [-0.2, -0.15) is 0 Å². The molecule has 0 radical (unpaired) electrons. The molecule has 0 aromatic heterocycles. The van der Waals surface area contributed by atoms with E-state index in [9.17, 15) is 30.0 Å². The van der Waals surface area contributed by atoms with Crippen molar-refractivity contribution in [2.45, 2.75) is 64.1 Å². The second-order valence-corrected chi connectivity index (χ2v) is 9.51. The van der Waals surface area contributed by atoms with Crippen molar-refractivity contribution in [1.29, 1.82) is 0 Å². The van der Waals surface area contributed by atoms with Crippen molar-refractivity contribution in [1.82, 2.24) is 0 Å². The number of carbonyl (C=O) groups excluding carboxylic acids is 1. The fraction of sp³-hybridized carbons (Fsp3) is 0.714. The number of allylic oxidation sites excluding steroid dienone is 2. The average Bonchev–Trinajstić information content (AvgIpc) is 2.87. The summed E-state index contributed by atoms with van der Waals surface area (Å²) in [6, 6.07) is 0. The van der Waals surface area contributed by atoms with Gasteiger partial charge in [0, 0.05) is 11.0 Å². The fourth-order valence-electron chi connectivity index (χ4n) is 7.14. The number of aliphatic hydroxyl groups excluding tert-OH is 2. The number of ketones is 1. The van der Waals surface area contributed by atoms with Gasteiger partial charge in [-0.25, -0.2) is 4.79 Å². The molecule has 0 spiro atoms. The lowest BCUT2D eigenvalue weighted by atomic mass is 9.45. The lowest BCUT2D eigenvalue weighted by Crippen LogP contribution is -2.61. The first kappa shape index (κ1) is 18.7. The highest BCUT2D eigenvalue weighted by molar-refractivity contribution is 6.05. The minimum atomic E-state index is -1.81. The second-order valence-electron chi connectivity index (χ2n) is 9.51. The number of aliphatic hydroxyl groups is 3. The molecular formula is C21H28O6. The highest BCUT2D eigenvalue weighted by Crippen LogP contribution is 2.67. The van der Waals surface area contributed by atoms with Crippen molar-refractivity contribution in [2.24, 2.45) is 28.6 Å². The third kappa shape index (κ3) is 2.20. The van der Waals surface area contributed by atoms with E-state index in [4.69, 9.17) is 0 Å². The molecule has 4 rings (SSSR count). The van der Waals surface area contributed by atoms with Crippen LogP contribution in [0.15, 0.2) is 23.5 Å². The van der Waals surface area contributed by atoms with Crippen molar-refractivity contribution in [3.05, 3.63) is 23.5 Å². The number of aliphatic carboxylic acids is 1. The lowest BCUT2D eigenvalue weighted by Gasteiger charge is -2.60. The van der Waals surface area contributed by atoms with Crippen LogP contribution in [0.4, 0.5) is 0 Å². The predicted molar refractivity (Wildman–Crippen MR) is 96.8 cm³/mol. The molecule has 0 aliphatic heterocycles. The van der Waals surface area contributed by atoms with Crippen LogP contribution in [0.25, 0.3) is 0 Å². The Balaban J connectivity index is 1.77. The Kier molecular flexibility index (Phi) is 3.93. The molecule has 148 valence electrons. The Morgan fingerprint density at radius 1 is 1.30 bits per heavy atom. The molecule has 0 bridgehead atoms. The molecule has 0 heterocycles. The van der Waals surface area contributed by atoms with Crippen LogP contribution in [0.3, 0.4) is 0 Å². The number of carboxylic acids is 1. The van der Waals surface area contributed by atoms with Gasteiger partial charge in [0.1, 0.15) is 0 Å². The molecule has 0 amide bonds. The molecule has 4 aliphatic carbocycles. The van der Waals surface area contributed by atoms with Crippen molar-refractivity contribution < 1.29 is 30.0 Å². The third-order valence-electron chi connectivity index (χ3n) is 8.51. The van der Waals surface area contributed by atoms with Gasteiger partial charge < -0.3 is 20.4 Å². The standard InChI is InChI=1S/C21H28O6/c1-19-8-11(10-22)15(23)7-12(19)3-4-13-14-5-6-21(27,18(25)26)20(14,2)9-16(24)17(13)19/h7,10,13-14,16-17,22,24,27H,3-6,8-9H2,1-2H3,(H,25,26)/b11-10-/t13?,14?,16-,17?,19-,20-,21-/m0/s1. The van der Waals surface area contributed by atoms with E-state index < -0.39 is 28.5 Å². The summed E-state index contributed by atoms with van der Waals surface area (Å²) >= 11 is 0. The lowest BCUT2D eigenvalue weighted by molar-refractivity contribution is -0.194. The van der Waals surface area contributed by atoms with Gasteiger partial charge in [-0.05, 0) is 67.8 Å². The average molecular weight is 376 g/mol. The van der Waals surface area contributed by atoms with Gasteiger partial charge in [0.2, 0.25) is 0 Å². The van der Waals surface area contributed by atoms with Gasteiger partial charge in [-0.3, -0.25) is 4.79 Å². The Labute approximate surface area is 158 Å². The molecule has 3 fully saturated rings. The summed E-state index contributed by atoms with van der Waals surface area (Å²) < 4.78 is 0. The predicted octanol–water partition coefficient (Wildman–Crippen LogP) is 2.36. The summed E-state index contributed by atoms with van der Waals surface area (Å²) in [5, 5.41) is 41.3. The summed E-state index contributed by atoms with van der Waals surface area (Å²) in [7, 11) is 0. The van der Waals surface area contributed by atoms with Gasteiger partial charge in [0.15, 0.2) is 11.4 Å². The SMILES string of the molecule is C[C@]12C/C(=C/O)C(=O)C=C1CCC1C2[C@@H](O)C[C@@]2(C)C1CC[C@]2(O)C(=O)O. The van der Waals surface area contributed by atoms with Gasteiger partial charge in [0.25, 0.3) is 0 Å². The summed E-state index contributed by atoms with van der Waals surface area (Å²) in [5.74, 6) is -1.38. The first-order chi connectivity index (χ1) is 12.6. The van der Waals surface area contributed by atoms with E-state index >= 15 is 0 Å². The molecule has 6 heteroatoms. The van der Waals surface area contributed by atoms with Gasteiger partial charge in [-0.15, -0.1) is 0 Å². The molecule has 0 aromatic carbocycles. The Hall–Kier alpha value is -1.66. The van der Waals surface area contributed by atoms with Crippen molar-refractivity contribution in [3.8, 4) is 0 Å². The minimum Gasteiger partial charge on any atom is -0.515 e. The maximum atomic E-state index is 12.2. The molecular weight excluding hydrogens is 348 g/mol. The first-order valence-corrected chi connectivity index (χ1v) is 9.81. The van der Waals surface area contributed by atoms with Crippen LogP contribution >= 0.6 is 0 Å². The molecule has 3 saturated carbocycles. The Morgan fingerprint density at radius 3 is 2.63 bits per heavy atom. The van der Waals surface area contributed by atoms with Gasteiger partial charge in [-0.1, -0.05) is 19.4 Å². The maximum absolute atomic E-state index is 12.2. The topological polar surface area (TPSA) is 115 Å². The highest BCUT2D eigenvalue weighted by atomic mass is 16.4. The molecule has 4 N–H and O–H groups in total. The highest BCUT2D eigenvalue weighted by Gasteiger charge is 2.68. The maximum Gasteiger partial charge on any atom is 0.336 e. The molecule has 4 aliphatic rings. The summed E-state index contributed by atoms with van der Waals surface area (Å²) in [5.41, 5.74) is -1.73. The summed E-state index contributed by atoms with van der Waals surface area (Å²) in [6.07, 6.45) is 4.70. The molecule has 3 unspecified atom stereocenters. The number of fused-ring (bicyclic) bond motifs is 5. The minimum absolute atomic E-state index is 0.0181. The van der Waals surface area contributed by atoms with Crippen molar-refractivity contribution in [3.63, 3.8) is 0 Å². The number of hydrogen-bond acceptors (Lipinski definition) is 5. The van der Waals surface area contributed by atoms with Crippen molar-refractivity contribution >= 4 is 11.8 Å². The number of carbonyl (C=O) groups is 2. The van der Waals surface area contributed by atoms with Crippen LogP contribution in [0.1, 0.15) is 52.4 Å². The number of hydrogen-bond donors (Lipinski definition) is 4. The van der Waals surface area contributed by atoms with E-state index in [1.807, 2.05) is 6.92 Å². The fourth-order valence-corrected chi connectivity index (χ4v) is 7.14. The van der Waals surface area contributed by atoms with Crippen LogP contribution < -0.4 is 0 Å². The first-order valence-electron chi connectivity index (χ1n) is 9.81. The number of carboxylic acid groups (broad SMARTS) is 1. The zero-order chi connectivity index (χ0) is 19.8. The van der Waals surface area contributed by atoms with Crippen LogP contribution in [0.5, 0.6) is 0 Å². The Morgan fingerprint density at radius 2 is 2.00 bits per heavy atom. The van der Waals surface area contributed by atoms with E-state index in [0.29, 0.717) is 18.4 Å². The van der Waals surface area contributed by atoms with E-state index in [0.717, 1.165) is 24.7 Å². The summed E-state index contributed by atoms with van der Waals surface area (Å²) in [6.45, 7) is 3.87. The van der Waals surface area contributed by atoms with E-state index in [1.54, 1.807) is 6.08 Å². The van der Waals surface area contributed by atoms with E-state index in [-0.39, 0.29) is 36.4 Å². The quantitative estimate of drug-likeness (QED) is 0.412. The zero-order valence-electron chi connectivity index (χ0n) is 15.8. The van der Waals surface area contributed by atoms with E-state index in [2.05, 4.69) is 6.92 Å². The summed E-state index contributed by atoms with van der Waals surface area (Å²) in [4.78, 5) is 24.0. The zero-order valence-corrected chi connectivity index (χ0v) is 15.8. The smallest absolute Gasteiger partial charge is 0.336 e. The van der Waals surface area contributed by atoms with Crippen LogP contribution in [-0.4, -0.2) is 43.9 Å². The Bertz CT molecular complexity index is 769. The van der Waals surface area contributed by atoms with Crippen LogP contribution in [-0.2, 0) is 9.59 Å². The molecule has 0 saturated heterocycles.